The van der Waals surface area contributed by atoms with Gasteiger partial charge in [-0.1, -0.05) is 35.8 Å². The molecule has 1 rings (SSSR count). The lowest BCUT2D eigenvalue weighted by Gasteiger charge is -2.30. The van der Waals surface area contributed by atoms with Crippen molar-refractivity contribution in [3.63, 3.8) is 0 Å². The van der Waals surface area contributed by atoms with Crippen LogP contribution >= 0.6 is 27.3 Å². The summed E-state index contributed by atoms with van der Waals surface area (Å²) in [5.74, 6) is 0.176. The molecule has 0 fully saturated rings. The van der Waals surface area contributed by atoms with E-state index in [1.165, 1.54) is 4.88 Å². The van der Waals surface area contributed by atoms with Gasteiger partial charge in [-0.05, 0) is 37.1 Å². The molecular weight excluding hydrogens is 310 g/mol. The zero-order valence-electron chi connectivity index (χ0n) is 11.2. The normalized spacial score (nSPS) is 11.5. The quantitative estimate of drug-likeness (QED) is 0.712. The van der Waals surface area contributed by atoms with Crippen molar-refractivity contribution in [2.24, 2.45) is 0 Å². The molecule has 0 bridgehead atoms. The Bertz CT molecular complexity index is 338. The molecule has 1 N–H and O–H groups in total. The number of hydrogen-bond acceptors (Lipinski definition) is 2. The van der Waals surface area contributed by atoms with Crippen molar-refractivity contribution in [1.82, 2.24) is 5.32 Å². The number of hydrogen-bond donors (Lipinski definition) is 1. The van der Waals surface area contributed by atoms with Crippen LogP contribution in [0, 0.1) is 0 Å². The van der Waals surface area contributed by atoms with E-state index in [9.17, 15) is 4.79 Å². The molecule has 0 aliphatic heterocycles. The van der Waals surface area contributed by atoms with Crippen molar-refractivity contribution in [3.05, 3.63) is 22.4 Å². The van der Waals surface area contributed by atoms with Gasteiger partial charge in [0.25, 0.3) is 0 Å². The molecule has 0 aliphatic carbocycles. The van der Waals surface area contributed by atoms with E-state index in [0.717, 1.165) is 31.0 Å². The maximum absolute atomic E-state index is 11.9. The first-order valence-electron chi connectivity index (χ1n) is 6.55. The third-order valence-electron chi connectivity index (χ3n) is 3.42. The van der Waals surface area contributed by atoms with E-state index >= 15 is 0 Å². The molecule has 0 atom stereocenters. The highest BCUT2D eigenvalue weighted by Gasteiger charge is 2.26. The van der Waals surface area contributed by atoms with Gasteiger partial charge in [0, 0.05) is 22.2 Å². The third-order valence-corrected chi connectivity index (χ3v) is 5.43. The average molecular weight is 332 g/mol. The van der Waals surface area contributed by atoms with Crippen LogP contribution in [0.25, 0.3) is 0 Å². The van der Waals surface area contributed by atoms with Gasteiger partial charge in [0.05, 0.1) is 0 Å². The van der Waals surface area contributed by atoms with E-state index in [0.29, 0.717) is 6.42 Å². The number of alkyl halides is 1. The van der Waals surface area contributed by atoms with Crippen LogP contribution in [-0.4, -0.2) is 16.8 Å². The Morgan fingerprint density at radius 1 is 1.44 bits per heavy atom. The number of amides is 1. The monoisotopic (exact) mass is 331 g/mol. The lowest BCUT2D eigenvalue weighted by molar-refractivity contribution is -0.123. The Hall–Kier alpha value is -0.350. The number of carbonyl (C=O) groups excluding carboxylic acids is 1. The van der Waals surface area contributed by atoms with Crippen LogP contribution in [0.5, 0.6) is 0 Å². The summed E-state index contributed by atoms with van der Waals surface area (Å²) in [4.78, 5) is 13.3. The highest BCUT2D eigenvalue weighted by atomic mass is 79.9. The molecule has 18 heavy (non-hydrogen) atoms. The van der Waals surface area contributed by atoms with Gasteiger partial charge in [-0.15, -0.1) is 11.3 Å². The van der Waals surface area contributed by atoms with Gasteiger partial charge in [0.15, 0.2) is 0 Å². The average Bonchev–Trinajstić information content (AvgIpc) is 2.89. The zero-order chi connectivity index (χ0) is 13.4. The summed E-state index contributed by atoms with van der Waals surface area (Å²) in [7, 11) is 0. The molecule has 0 radical (unpaired) electrons. The minimum absolute atomic E-state index is 0.0694. The topological polar surface area (TPSA) is 29.1 Å². The van der Waals surface area contributed by atoms with Crippen LogP contribution in [-0.2, 0) is 11.2 Å². The number of carbonyl (C=O) groups is 1. The van der Waals surface area contributed by atoms with E-state index in [2.05, 4.69) is 52.6 Å². The predicted molar refractivity (Wildman–Crippen MR) is 82.5 cm³/mol. The summed E-state index contributed by atoms with van der Waals surface area (Å²) in [5, 5.41) is 6.08. The van der Waals surface area contributed by atoms with Crippen molar-refractivity contribution in [1.29, 1.82) is 0 Å². The van der Waals surface area contributed by atoms with Crippen LogP contribution in [0.1, 0.15) is 44.4 Å². The van der Waals surface area contributed by atoms with Gasteiger partial charge in [-0.2, -0.15) is 0 Å². The van der Waals surface area contributed by atoms with Gasteiger partial charge in [-0.3, -0.25) is 4.79 Å². The molecular formula is C14H22BrNOS. The third kappa shape index (κ3) is 4.73. The molecule has 1 heterocycles. The number of thiophene rings is 1. The van der Waals surface area contributed by atoms with Crippen molar-refractivity contribution in [2.75, 3.05) is 5.33 Å². The van der Waals surface area contributed by atoms with Crippen LogP contribution < -0.4 is 5.32 Å². The lowest BCUT2D eigenvalue weighted by Crippen LogP contribution is -2.49. The summed E-state index contributed by atoms with van der Waals surface area (Å²) in [6.45, 7) is 4.24. The van der Waals surface area contributed by atoms with Crippen LogP contribution in [0.15, 0.2) is 17.5 Å². The van der Waals surface area contributed by atoms with E-state index in [4.69, 9.17) is 0 Å². The van der Waals surface area contributed by atoms with Crippen molar-refractivity contribution < 1.29 is 4.79 Å². The fourth-order valence-electron chi connectivity index (χ4n) is 1.89. The molecule has 0 aromatic carbocycles. The minimum atomic E-state index is -0.0694. The Balaban J connectivity index is 2.32. The predicted octanol–water partition coefficient (Wildman–Crippen LogP) is 4.14. The number of nitrogens with one attached hydrogen (secondary N) is 1. The van der Waals surface area contributed by atoms with E-state index in [-0.39, 0.29) is 11.4 Å². The molecule has 0 aliphatic rings. The molecule has 1 aromatic rings. The first-order chi connectivity index (χ1) is 8.65. The van der Waals surface area contributed by atoms with E-state index in [1.54, 1.807) is 11.3 Å². The Morgan fingerprint density at radius 2 is 2.17 bits per heavy atom. The summed E-state index contributed by atoms with van der Waals surface area (Å²) >= 11 is 5.27. The smallest absolute Gasteiger partial charge is 0.220 e. The van der Waals surface area contributed by atoms with Gasteiger partial charge < -0.3 is 5.32 Å². The molecule has 2 nitrogen and oxygen atoms in total. The first-order valence-corrected chi connectivity index (χ1v) is 8.55. The number of halogens is 1. The second kappa shape index (κ2) is 7.95. The highest BCUT2D eigenvalue weighted by molar-refractivity contribution is 9.09. The Morgan fingerprint density at radius 3 is 2.67 bits per heavy atom. The van der Waals surface area contributed by atoms with Crippen molar-refractivity contribution >= 4 is 33.2 Å². The first kappa shape index (κ1) is 15.7. The number of rotatable bonds is 8. The fraction of sp³-hybridized carbons (Fsp3) is 0.643. The minimum Gasteiger partial charge on any atom is -0.350 e. The number of aryl methyl sites for hydroxylation is 1. The summed E-state index contributed by atoms with van der Waals surface area (Å²) in [5.41, 5.74) is -0.0694. The molecule has 0 spiro atoms. The summed E-state index contributed by atoms with van der Waals surface area (Å²) < 4.78 is 0. The molecule has 102 valence electrons. The zero-order valence-corrected chi connectivity index (χ0v) is 13.6. The summed E-state index contributed by atoms with van der Waals surface area (Å²) in [6, 6.07) is 4.19. The Labute approximate surface area is 122 Å². The van der Waals surface area contributed by atoms with Gasteiger partial charge in [-0.25, -0.2) is 0 Å². The maximum atomic E-state index is 11.9. The summed E-state index contributed by atoms with van der Waals surface area (Å²) in [6.07, 6.45) is 4.48. The maximum Gasteiger partial charge on any atom is 0.220 e. The van der Waals surface area contributed by atoms with Gasteiger partial charge >= 0.3 is 0 Å². The fourth-order valence-corrected chi connectivity index (χ4v) is 3.57. The molecule has 1 aromatic heterocycles. The van der Waals surface area contributed by atoms with Crippen LogP contribution in [0.4, 0.5) is 0 Å². The second-order valence-corrected chi connectivity index (χ2v) is 6.20. The van der Waals surface area contributed by atoms with Crippen molar-refractivity contribution in [3.8, 4) is 0 Å². The van der Waals surface area contributed by atoms with Gasteiger partial charge in [0.2, 0.25) is 5.91 Å². The molecule has 0 saturated carbocycles. The van der Waals surface area contributed by atoms with Crippen LogP contribution in [0.3, 0.4) is 0 Å². The SMILES string of the molecule is CCC(CC)(CBr)NC(=O)CCCc1cccs1. The molecule has 0 unspecified atom stereocenters. The largest absolute Gasteiger partial charge is 0.350 e. The second-order valence-electron chi connectivity index (χ2n) is 4.60. The van der Waals surface area contributed by atoms with Crippen molar-refractivity contribution in [2.45, 2.75) is 51.5 Å². The lowest BCUT2D eigenvalue weighted by atomic mass is 9.95. The Kier molecular flexibility index (Phi) is 6.94. The molecule has 4 heteroatoms. The highest BCUT2D eigenvalue weighted by Crippen LogP contribution is 2.18. The van der Waals surface area contributed by atoms with Gasteiger partial charge in [0.1, 0.15) is 0 Å². The standard InChI is InChI=1S/C14H22BrNOS/c1-3-14(4-2,11-15)16-13(17)9-5-7-12-8-6-10-18-12/h6,8,10H,3-5,7,9,11H2,1-2H3,(H,16,17). The molecule has 1 amide bonds. The van der Waals surface area contributed by atoms with Crippen LogP contribution in [0.2, 0.25) is 0 Å². The van der Waals surface area contributed by atoms with E-state index in [1.807, 2.05) is 0 Å². The molecule has 0 saturated heterocycles. The van der Waals surface area contributed by atoms with E-state index < -0.39 is 0 Å².